The number of nitrogens with zero attached hydrogens (tertiary/aromatic N) is 6. The van der Waals surface area contributed by atoms with E-state index in [4.69, 9.17) is 0 Å². The molecule has 1 unspecified atom stereocenters. The molecule has 0 saturated heterocycles. The topological polar surface area (TPSA) is 78.6 Å². The van der Waals surface area contributed by atoms with Crippen LogP contribution >= 0.6 is 0 Å². The van der Waals surface area contributed by atoms with Crippen LogP contribution in [0.25, 0.3) is 11.4 Å². The number of aliphatic imine (C=N–C) groups is 3. The largest absolute Gasteiger partial charge is 0.270 e. The van der Waals surface area contributed by atoms with Gasteiger partial charge < -0.3 is 0 Å². The second kappa shape index (κ2) is 4.04. The Hall–Kier alpha value is -2.93. The van der Waals surface area contributed by atoms with Gasteiger partial charge in [-0.15, -0.1) is 0 Å². The molecule has 2 aromatic heterocycles. The first-order valence-corrected chi connectivity index (χ1v) is 6.06. The predicted octanol–water partition coefficient (Wildman–Crippen LogP) is 1.69. The highest BCUT2D eigenvalue weighted by molar-refractivity contribution is 6.04. The minimum absolute atomic E-state index is 0.221. The second-order valence-corrected chi connectivity index (χ2v) is 4.38. The van der Waals surface area contributed by atoms with Gasteiger partial charge >= 0.3 is 0 Å². The number of fused-ring (bicyclic) bond motifs is 1. The summed E-state index contributed by atoms with van der Waals surface area (Å²) >= 11 is 0. The van der Waals surface area contributed by atoms with Crippen LogP contribution in [0.3, 0.4) is 0 Å². The normalized spacial score (nSPS) is 22.9. The first kappa shape index (κ1) is 10.9. The van der Waals surface area contributed by atoms with E-state index in [0.29, 0.717) is 0 Å². The number of quaternary nitrogens is 1. The zero-order valence-electron chi connectivity index (χ0n) is 10.4. The van der Waals surface area contributed by atoms with Crippen molar-refractivity contribution < 1.29 is 0 Å². The van der Waals surface area contributed by atoms with Crippen molar-refractivity contribution >= 4 is 24.7 Å². The quantitative estimate of drug-likeness (QED) is 0.838. The molecule has 2 aromatic rings. The van der Waals surface area contributed by atoms with Gasteiger partial charge in [-0.05, 0) is 12.1 Å². The summed E-state index contributed by atoms with van der Waals surface area (Å²) in [5.74, 6) is 0.776. The minimum Gasteiger partial charge on any atom is -0.270 e. The number of nitrogens with one attached hydrogen (secondary N) is 1. The lowest BCUT2D eigenvalue weighted by Crippen LogP contribution is -2.44. The third-order valence-electron chi connectivity index (χ3n) is 3.26. The third kappa shape index (κ3) is 1.41. The molecule has 7 nitrogen and oxygen atoms in total. The number of pyridine rings is 1. The maximum Gasteiger partial charge on any atom is 0.265 e. The zero-order chi connectivity index (χ0) is 13.4. The number of hydrogen-bond acceptors (Lipinski definition) is 5. The van der Waals surface area contributed by atoms with Crippen LogP contribution in [0.5, 0.6) is 0 Å². The third-order valence-corrected chi connectivity index (χ3v) is 3.26. The number of aromatic amines is 1. The number of hydrogen-bond donors (Lipinski definition) is 1. The molecule has 0 fully saturated rings. The van der Waals surface area contributed by atoms with Crippen LogP contribution < -0.4 is 4.48 Å². The van der Waals surface area contributed by atoms with E-state index in [1.165, 1.54) is 6.34 Å². The fourth-order valence-corrected chi connectivity index (χ4v) is 2.31. The van der Waals surface area contributed by atoms with E-state index < -0.39 is 0 Å². The molecular weight excluding hydrogens is 254 g/mol. The Morgan fingerprint density at radius 2 is 2.05 bits per heavy atom. The molecule has 0 saturated carbocycles. The molecule has 0 amide bonds. The van der Waals surface area contributed by atoms with E-state index in [9.17, 15) is 0 Å². The van der Waals surface area contributed by atoms with Crippen LogP contribution in [0.2, 0.25) is 0 Å². The van der Waals surface area contributed by atoms with Crippen molar-refractivity contribution in [1.29, 1.82) is 0 Å². The van der Waals surface area contributed by atoms with Gasteiger partial charge in [0.1, 0.15) is 24.4 Å². The Labute approximate surface area is 114 Å². The lowest BCUT2D eigenvalue weighted by molar-refractivity contribution is 0.750. The van der Waals surface area contributed by atoms with E-state index in [1.807, 2.05) is 18.2 Å². The standard InChI is InChI=1S/C13H10N7/c1-2-4-16-10(3-1)13-11(5-18-19-13)20-8-14-6-12(20)17-7-15-9-20/h1-9H,(H,18,19)/q+1. The fourth-order valence-electron chi connectivity index (χ4n) is 2.31. The van der Waals surface area contributed by atoms with Crippen molar-refractivity contribution in [2.24, 2.45) is 15.0 Å². The lowest BCUT2D eigenvalue weighted by atomic mass is 10.2. The van der Waals surface area contributed by atoms with E-state index >= 15 is 0 Å². The van der Waals surface area contributed by atoms with Gasteiger partial charge in [0.15, 0.2) is 5.69 Å². The van der Waals surface area contributed by atoms with Crippen molar-refractivity contribution in [3.8, 4) is 11.4 Å². The Kier molecular flexibility index (Phi) is 2.21. The summed E-state index contributed by atoms with van der Waals surface area (Å²) in [5, 5.41) is 7.14. The van der Waals surface area contributed by atoms with Crippen LogP contribution in [-0.4, -0.2) is 34.2 Å². The van der Waals surface area contributed by atoms with Gasteiger partial charge in [0.05, 0.1) is 5.69 Å². The summed E-state index contributed by atoms with van der Waals surface area (Å²) in [6.45, 7) is 0. The molecule has 2 aliphatic heterocycles. The molecule has 4 heterocycles. The Morgan fingerprint density at radius 3 is 2.95 bits per heavy atom. The number of aromatic nitrogens is 3. The van der Waals surface area contributed by atoms with Crippen molar-refractivity contribution in [3.63, 3.8) is 0 Å². The Morgan fingerprint density at radius 1 is 1.10 bits per heavy atom. The average molecular weight is 264 g/mol. The molecule has 20 heavy (non-hydrogen) atoms. The van der Waals surface area contributed by atoms with Crippen molar-refractivity contribution in [3.05, 3.63) is 42.6 Å². The van der Waals surface area contributed by atoms with Gasteiger partial charge in [-0.3, -0.25) is 10.1 Å². The van der Waals surface area contributed by atoms with E-state index in [2.05, 4.69) is 30.2 Å². The molecule has 0 aliphatic carbocycles. The highest BCUT2D eigenvalue weighted by Crippen LogP contribution is 2.36. The summed E-state index contributed by atoms with van der Waals surface area (Å²) in [6, 6.07) is 5.74. The monoisotopic (exact) mass is 264 g/mol. The SMILES string of the molecule is C1=NC=NC2=CN=C[N+]12c1cn[nH]c1-c1ccccn1. The maximum atomic E-state index is 4.36. The molecule has 4 rings (SSSR count). The summed E-state index contributed by atoms with van der Waals surface area (Å²) in [5.41, 5.74) is 2.53. The van der Waals surface area contributed by atoms with E-state index in [0.717, 1.165) is 22.9 Å². The molecule has 0 radical (unpaired) electrons. The van der Waals surface area contributed by atoms with Crippen LogP contribution in [0.15, 0.2) is 57.6 Å². The van der Waals surface area contributed by atoms with Crippen LogP contribution in [0.1, 0.15) is 0 Å². The zero-order valence-corrected chi connectivity index (χ0v) is 10.4. The highest BCUT2D eigenvalue weighted by atomic mass is 15.5. The number of H-pyrrole nitrogens is 1. The van der Waals surface area contributed by atoms with Gasteiger partial charge in [0.25, 0.3) is 5.82 Å². The summed E-state index contributed by atoms with van der Waals surface area (Å²) in [4.78, 5) is 17.0. The molecule has 0 spiro atoms. The molecule has 1 N–H and O–H groups in total. The van der Waals surface area contributed by atoms with Gasteiger partial charge in [-0.1, -0.05) is 6.07 Å². The van der Waals surface area contributed by atoms with Crippen molar-refractivity contribution in [2.45, 2.75) is 0 Å². The predicted molar refractivity (Wildman–Crippen MR) is 77.2 cm³/mol. The summed E-state index contributed by atoms with van der Waals surface area (Å²) in [6.07, 6.45) is 10.3. The lowest BCUT2D eigenvalue weighted by Gasteiger charge is -2.24. The molecular formula is C13H10N7+. The van der Waals surface area contributed by atoms with Gasteiger partial charge in [0, 0.05) is 6.20 Å². The van der Waals surface area contributed by atoms with Gasteiger partial charge in [0.2, 0.25) is 12.7 Å². The van der Waals surface area contributed by atoms with Crippen molar-refractivity contribution in [1.82, 2.24) is 19.7 Å². The Balaban J connectivity index is 1.91. The summed E-state index contributed by atoms with van der Waals surface area (Å²) in [7, 11) is 0. The van der Waals surface area contributed by atoms with Gasteiger partial charge in [-0.25, -0.2) is 4.99 Å². The molecule has 2 aliphatic rings. The van der Waals surface area contributed by atoms with Crippen LogP contribution in [-0.2, 0) is 0 Å². The van der Waals surface area contributed by atoms with Gasteiger partial charge in [-0.2, -0.15) is 19.6 Å². The molecule has 0 aromatic carbocycles. The molecule has 7 heteroatoms. The van der Waals surface area contributed by atoms with E-state index in [-0.39, 0.29) is 4.48 Å². The smallest absolute Gasteiger partial charge is 0.265 e. The van der Waals surface area contributed by atoms with Crippen LogP contribution in [0.4, 0.5) is 5.69 Å². The highest BCUT2D eigenvalue weighted by Gasteiger charge is 2.41. The molecule has 96 valence electrons. The van der Waals surface area contributed by atoms with Crippen molar-refractivity contribution in [2.75, 3.05) is 0 Å². The maximum absolute atomic E-state index is 4.36. The number of rotatable bonds is 2. The Bertz CT molecular complexity index is 769. The second-order valence-electron chi connectivity index (χ2n) is 4.38. The average Bonchev–Trinajstić information content (AvgIpc) is 3.15. The van der Waals surface area contributed by atoms with E-state index in [1.54, 1.807) is 31.3 Å². The fraction of sp³-hybridized carbons (Fsp3) is 0. The first-order chi connectivity index (χ1) is 9.90. The summed E-state index contributed by atoms with van der Waals surface area (Å²) < 4.78 is 0.221. The van der Waals surface area contributed by atoms with Crippen LogP contribution in [0, 0.1) is 0 Å². The molecule has 0 bridgehead atoms. The minimum atomic E-state index is 0.221. The first-order valence-electron chi connectivity index (χ1n) is 6.06. The molecule has 1 atom stereocenters.